The van der Waals surface area contributed by atoms with Gasteiger partial charge >= 0.3 is 0 Å². The zero-order chi connectivity index (χ0) is 22.9. The third-order valence-electron chi connectivity index (χ3n) is 5.16. The van der Waals surface area contributed by atoms with E-state index in [-0.39, 0.29) is 11.4 Å². The summed E-state index contributed by atoms with van der Waals surface area (Å²) in [6, 6.07) is 20.7. The molecule has 0 saturated carbocycles. The molecule has 8 heteroatoms. The molecule has 164 valence electrons. The molecule has 0 unspecified atom stereocenters. The van der Waals surface area contributed by atoms with Gasteiger partial charge in [-0.15, -0.1) is 0 Å². The topological polar surface area (TPSA) is 75.7 Å². The number of carbonyl (C=O) groups excluding carboxylic acids is 1. The van der Waals surface area contributed by atoms with Gasteiger partial charge in [0.1, 0.15) is 5.75 Å². The Morgan fingerprint density at radius 2 is 1.78 bits per heavy atom. The van der Waals surface area contributed by atoms with Crippen molar-refractivity contribution in [2.45, 2.75) is 6.92 Å². The second-order valence-corrected chi connectivity index (χ2v) is 9.32. The van der Waals surface area contributed by atoms with Gasteiger partial charge in [0.2, 0.25) is 0 Å². The van der Waals surface area contributed by atoms with Gasteiger partial charge in [0.05, 0.1) is 12.8 Å². The lowest BCUT2D eigenvalue weighted by Gasteiger charge is -2.33. The number of sulfonamides is 1. The highest BCUT2D eigenvalue weighted by Gasteiger charge is 2.40. The van der Waals surface area contributed by atoms with Gasteiger partial charge in [-0.1, -0.05) is 48.0 Å². The number of amides is 1. The molecule has 1 aliphatic heterocycles. The summed E-state index contributed by atoms with van der Waals surface area (Å²) in [6.45, 7) is 1.88. The molecule has 0 bridgehead atoms. The number of fused-ring (bicyclic) bond motifs is 1. The minimum absolute atomic E-state index is 0.162. The fourth-order valence-electron chi connectivity index (χ4n) is 3.77. The van der Waals surface area contributed by atoms with E-state index in [4.69, 9.17) is 16.3 Å². The zero-order valence-corrected chi connectivity index (χ0v) is 19.1. The molecule has 32 heavy (non-hydrogen) atoms. The number of methoxy groups -OCH3 is 1. The molecule has 0 saturated heterocycles. The van der Waals surface area contributed by atoms with Crippen molar-refractivity contribution in [2.24, 2.45) is 0 Å². The van der Waals surface area contributed by atoms with E-state index >= 15 is 0 Å². The van der Waals surface area contributed by atoms with Gasteiger partial charge < -0.3 is 10.1 Å². The van der Waals surface area contributed by atoms with Crippen molar-refractivity contribution >= 4 is 44.5 Å². The summed E-state index contributed by atoms with van der Waals surface area (Å²) in [6.07, 6.45) is 0. The molecule has 4 rings (SSSR count). The molecular weight excluding hydrogens is 448 g/mol. The van der Waals surface area contributed by atoms with Gasteiger partial charge in [0.25, 0.3) is 15.9 Å². The predicted octanol–water partition coefficient (Wildman–Crippen LogP) is 4.92. The molecule has 0 radical (unpaired) electrons. The van der Waals surface area contributed by atoms with E-state index in [0.29, 0.717) is 38.8 Å². The lowest BCUT2D eigenvalue weighted by molar-refractivity contribution is -0.112. The Balaban J connectivity index is 1.98. The monoisotopic (exact) mass is 468 g/mol. The zero-order valence-electron chi connectivity index (χ0n) is 17.5. The lowest BCUT2D eigenvalue weighted by atomic mass is 9.95. The molecule has 1 amide bonds. The summed E-state index contributed by atoms with van der Waals surface area (Å²) in [5.74, 6) is -0.194. The van der Waals surface area contributed by atoms with Crippen LogP contribution in [0.1, 0.15) is 18.1 Å². The summed E-state index contributed by atoms with van der Waals surface area (Å²) < 4.78 is 33.8. The normalized spacial score (nSPS) is 14.7. The van der Waals surface area contributed by atoms with Gasteiger partial charge in [-0.05, 0) is 42.8 Å². The Labute approximate surface area is 192 Å². The van der Waals surface area contributed by atoms with Crippen molar-refractivity contribution in [1.82, 2.24) is 0 Å². The van der Waals surface area contributed by atoms with Crippen LogP contribution in [0.4, 0.5) is 11.4 Å². The molecule has 1 aliphatic rings. The number of anilines is 2. The van der Waals surface area contributed by atoms with Crippen LogP contribution in [0.5, 0.6) is 5.75 Å². The molecular formula is C24H21ClN2O4S. The fourth-order valence-corrected chi connectivity index (χ4v) is 5.69. The quantitative estimate of drug-likeness (QED) is 0.576. The Bertz CT molecular complexity index is 1320. The van der Waals surface area contributed by atoms with E-state index in [1.54, 1.807) is 73.7 Å². The highest BCUT2D eigenvalue weighted by Crippen LogP contribution is 2.44. The minimum Gasteiger partial charge on any atom is -0.497 e. The second-order valence-electron chi connectivity index (χ2n) is 7.09. The molecule has 0 fully saturated rings. The third kappa shape index (κ3) is 3.85. The Hall–Kier alpha value is -3.29. The molecule has 3 aromatic rings. The summed E-state index contributed by atoms with van der Waals surface area (Å²) in [5, 5.41) is 3.16. The highest BCUT2D eigenvalue weighted by molar-refractivity contribution is 7.97. The number of rotatable bonds is 5. The van der Waals surface area contributed by atoms with Crippen molar-refractivity contribution in [1.29, 1.82) is 0 Å². The van der Waals surface area contributed by atoms with Gasteiger partial charge in [-0.2, -0.15) is 0 Å². The number of nitrogens with one attached hydrogen (secondary N) is 1. The van der Waals surface area contributed by atoms with Crippen molar-refractivity contribution in [3.63, 3.8) is 0 Å². The fraction of sp³-hybridized carbons (Fsp3) is 0.125. The number of ether oxygens (including phenoxy) is 1. The van der Waals surface area contributed by atoms with Gasteiger partial charge in [0.15, 0.2) is 4.91 Å². The van der Waals surface area contributed by atoms with E-state index in [1.807, 2.05) is 6.07 Å². The maximum absolute atomic E-state index is 13.7. The average Bonchev–Trinajstić information content (AvgIpc) is 2.78. The Kier molecular flexibility index (Phi) is 5.95. The smallest absolute Gasteiger partial charge is 0.270 e. The number of nitrogens with zero attached hydrogens (tertiary/aromatic N) is 1. The van der Waals surface area contributed by atoms with Crippen molar-refractivity contribution in [3.05, 3.63) is 93.9 Å². The van der Waals surface area contributed by atoms with E-state index in [0.717, 1.165) is 0 Å². The third-order valence-corrected chi connectivity index (χ3v) is 7.33. The van der Waals surface area contributed by atoms with Crippen molar-refractivity contribution in [2.75, 3.05) is 23.3 Å². The number of carbonyl (C=O) groups is 1. The van der Waals surface area contributed by atoms with Crippen LogP contribution >= 0.6 is 11.6 Å². The largest absolute Gasteiger partial charge is 0.497 e. The SMILES string of the molecule is CCN1c2ccc(Cl)cc2C(c2ccccc2)=C(C(=O)Nc2cccc(OC)c2)S1(=O)=O. The van der Waals surface area contributed by atoms with Gasteiger partial charge in [-0.3, -0.25) is 9.10 Å². The van der Waals surface area contributed by atoms with Crippen LogP contribution in [0, 0.1) is 0 Å². The van der Waals surface area contributed by atoms with Crippen LogP contribution in [-0.2, 0) is 14.8 Å². The van der Waals surface area contributed by atoms with Gasteiger partial charge in [0, 0.05) is 34.5 Å². The van der Waals surface area contributed by atoms with Gasteiger partial charge in [-0.25, -0.2) is 8.42 Å². The summed E-state index contributed by atoms with van der Waals surface area (Å²) in [7, 11) is -2.63. The van der Waals surface area contributed by atoms with E-state index in [9.17, 15) is 13.2 Å². The van der Waals surface area contributed by atoms with Crippen LogP contribution in [0.25, 0.3) is 5.57 Å². The van der Waals surface area contributed by atoms with Crippen LogP contribution in [0.2, 0.25) is 5.02 Å². The molecule has 6 nitrogen and oxygen atoms in total. The molecule has 3 aromatic carbocycles. The maximum Gasteiger partial charge on any atom is 0.270 e. The molecule has 0 aliphatic carbocycles. The van der Waals surface area contributed by atoms with Crippen LogP contribution in [-0.4, -0.2) is 28.0 Å². The number of halogens is 1. The number of hydrogen-bond donors (Lipinski definition) is 1. The molecule has 1 heterocycles. The second kappa shape index (κ2) is 8.68. The first kappa shape index (κ1) is 21.9. The van der Waals surface area contributed by atoms with Crippen LogP contribution in [0.15, 0.2) is 77.7 Å². The number of benzene rings is 3. The standard InChI is InChI=1S/C24H21ClN2O4S/c1-3-27-21-13-12-17(25)14-20(21)22(16-8-5-4-6-9-16)23(32(27,29)30)24(28)26-18-10-7-11-19(15-18)31-2/h4-15H,3H2,1-2H3,(H,26,28). The van der Waals surface area contributed by atoms with E-state index in [1.165, 1.54) is 11.4 Å². The first-order valence-corrected chi connectivity index (χ1v) is 11.8. The summed E-state index contributed by atoms with van der Waals surface area (Å²) in [5.41, 5.74) is 2.40. The Morgan fingerprint density at radius 3 is 2.47 bits per heavy atom. The van der Waals surface area contributed by atoms with E-state index < -0.39 is 15.9 Å². The molecule has 1 N–H and O–H groups in total. The van der Waals surface area contributed by atoms with Crippen molar-refractivity contribution in [3.8, 4) is 5.75 Å². The van der Waals surface area contributed by atoms with Crippen LogP contribution < -0.4 is 14.4 Å². The first-order valence-electron chi connectivity index (χ1n) is 9.94. The molecule has 0 spiro atoms. The average molecular weight is 469 g/mol. The first-order chi connectivity index (χ1) is 15.4. The molecule has 0 atom stereocenters. The highest BCUT2D eigenvalue weighted by atomic mass is 35.5. The predicted molar refractivity (Wildman–Crippen MR) is 127 cm³/mol. The van der Waals surface area contributed by atoms with E-state index in [2.05, 4.69) is 5.32 Å². The minimum atomic E-state index is -4.15. The molecule has 0 aromatic heterocycles. The van der Waals surface area contributed by atoms with Crippen molar-refractivity contribution < 1.29 is 17.9 Å². The summed E-state index contributed by atoms with van der Waals surface area (Å²) in [4.78, 5) is 13.1. The Morgan fingerprint density at radius 1 is 1.03 bits per heavy atom. The lowest BCUT2D eigenvalue weighted by Crippen LogP contribution is -2.39. The number of hydrogen-bond acceptors (Lipinski definition) is 4. The summed E-state index contributed by atoms with van der Waals surface area (Å²) >= 11 is 6.28. The maximum atomic E-state index is 13.7. The van der Waals surface area contributed by atoms with Crippen LogP contribution in [0.3, 0.4) is 0 Å².